The van der Waals surface area contributed by atoms with Crippen molar-refractivity contribution < 1.29 is 29.2 Å². The maximum absolute atomic E-state index is 11.4. The van der Waals surface area contributed by atoms with Gasteiger partial charge in [-0.05, 0) is 77.6 Å². The fourth-order valence-corrected chi connectivity index (χ4v) is 5.94. The van der Waals surface area contributed by atoms with E-state index in [9.17, 15) is 10.2 Å². The zero-order chi connectivity index (χ0) is 28.8. The summed E-state index contributed by atoms with van der Waals surface area (Å²) in [7, 11) is 3.14. The summed E-state index contributed by atoms with van der Waals surface area (Å²) in [6.07, 6.45) is 2.47. The lowest BCUT2D eigenvalue weighted by atomic mass is 9.91. The van der Waals surface area contributed by atoms with Gasteiger partial charge in [-0.25, -0.2) is 0 Å². The number of aromatic hydroxyl groups is 2. The summed E-state index contributed by atoms with van der Waals surface area (Å²) in [5, 5.41) is 22.0. The normalized spacial score (nSPS) is 15.2. The van der Waals surface area contributed by atoms with E-state index in [1.165, 1.54) is 7.11 Å². The van der Waals surface area contributed by atoms with Crippen LogP contribution in [0.2, 0.25) is 0 Å². The third kappa shape index (κ3) is 4.59. The van der Waals surface area contributed by atoms with Crippen LogP contribution < -0.4 is 18.9 Å². The van der Waals surface area contributed by atoms with Crippen molar-refractivity contribution in [1.29, 1.82) is 0 Å². The van der Waals surface area contributed by atoms with Crippen LogP contribution in [-0.4, -0.2) is 48.9 Å². The zero-order valence-corrected chi connectivity index (χ0v) is 23.4. The van der Waals surface area contributed by atoms with Crippen LogP contribution in [0.5, 0.6) is 46.0 Å². The predicted octanol–water partition coefficient (Wildman–Crippen LogP) is 6.19. The summed E-state index contributed by atoms with van der Waals surface area (Å²) in [5.74, 6) is 2.59. The van der Waals surface area contributed by atoms with E-state index >= 15 is 0 Å². The minimum atomic E-state index is -0.0963. The number of hydrogen-bond donors (Lipinski definition) is 2. The molecule has 3 aliphatic heterocycles. The largest absolute Gasteiger partial charge is 0.504 e. The number of rotatable bonds is 2. The van der Waals surface area contributed by atoms with Gasteiger partial charge in [-0.15, -0.1) is 0 Å². The molecule has 0 fully saturated rings. The first-order chi connectivity index (χ1) is 20.5. The molecule has 0 unspecified atom stereocenters. The van der Waals surface area contributed by atoms with Crippen LogP contribution in [0, 0.1) is 0 Å². The second-order valence-electron chi connectivity index (χ2n) is 10.6. The van der Waals surface area contributed by atoms with Gasteiger partial charge in [0.2, 0.25) is 5.75 Å². The minimum Gasteiger partial charge on any atom is -0.504 e. The van der Waals surface area contributed by atoms with E-state index in [0.29, 0.717) is 61.1 Å². The Labute approximate surface area is 243 Å². The van der Waals surface area contributed by atoms with E-state index < -0.39 is 0 Å². The van der Waals surface area contributed by atoms with Crippen molar-refractivity contribution in [3.05, 3.63) is 94.0 Å². The number of hydrogen-bond acceptors (Lipinski definition) is 8. The first-order valence-corrected chi connectivity index (χ1v) is 14.0. The van der Waals surface area contributed by atoms with Crippen molar-refractivity contribution in [2.24, 2.45) is 9.98 Å². The lowest BCUT2D eigenvalue weighted by molar-refractivity contribution is 0.343. The Balaban J connectivity index is 1.46. The second kappa shape index (κ2) is 10.4. The number of aliphatic imine (C=N–C) groups is 2. The Morgan fingerprint density at radius 2 is 1.45 bits per heavy atom. The molecule has 212 valence electrons. The Hall–Kier alpha value is -4.98. The summed E-state index contributed by atoms with van der Waals surface area (Å²) >= 11 is 0. The zero-order valence-electron chi connectivity index (χ0n) is 23.4. The Bertz CT molecular complexity index is 1790. The van der Waals surface area contributed by atoms with Gasteiger partial charge in [0.15, 0.2) is 34.5 Å². The Morgan fingerprint density at radius 1 is 0.714 bits per heavy atom. The molecule has 7 rings (SSSR count). The standard InChI is InChI=1S/C34H30N2O6/c1-39-29-16-21-8-10-35-25-13-20-6-7-27(37)28(15-20)41-23-5-3-4-19(12-23)14-26-32-22(9-11-36-26)17-31(40-2)33(38)34(32)42-30(29)18-24(21)25/h3-7,12,15-18,37-38H,8-11,13-14H2,1-2H3. The maximum Gasteiger partial charge on any atom is 0.202 e. The van der Waals surface area contributed by atoms with Crippen LogP contribution in [0.1, 0.15) is 33.4 Å². The van der Waals surface area contributed by atoms with Gasteiger partial charge in [0, 0.05) is 42.8 Å². The fraction of sp³-hybridized carbons (Fsp3) is 0.235. The molecule has 0 amide bonds. The van der Waals surface area contributed by atoms with Gasteiger partial charge in [-0.1, -0.05) is 18.2 Å². The van der Waals surface area contributed by atoms with Gasteiger partial charge < -0.3 is 29.2 Å². The van der Waals surface area contributed by atoms with Crippen molar-refractivity contribution in [2.45, 2.75) is 25.7 Å². The number of nitrogens with zero attached hydrogens (tertiary/aromatic N) is 2. The van der Waals surface area contributed by atoms with Crippen molar-refractivity contribution in [3.8, 4) is 46.0 Å². The highest BCUT2D eigenvalue weighted by atomic mass is 16.5. The highest BCUT2D eigenvalue weighted by molar-refractivity contribution is 6.07. The summed E-state index contributed by atoms with van der Waals surface area (Å²) in [6, 6.07) is 18.9. The van der Waals surface area contributed by atoms with Crippen LogP contribution >= 0.6 is 0 Å². The summed E-state index contributed by atoms with van der Waals surface area (Å²) in [4.78, 5) is 9.75. The average molecular weight is 563 g/mol. The molecule has 4 aromatic carbocycles. The molecule has 2 N–H and O–H groups in total. The van der Waals surface area contributed by atoms with Crippen LogP contribution in [0.25, 0.3) is 0 Å². The van der Waals surface area contributed by atoms with Crippen LogP contribution in [0.15, 0.2) is 70.6 Å². The highest BCUT2D eigenvalue weighted by Gasteiger charge is 2.28. The lowest BCUT2D eigenvalue weighted by Gasteiger charge is -2.25. The monoisotopic (exact) mass is 562 g/mol. The molecule has 3 aliphatic rings. The third-order valence-corrected chi connectivity index (χ3v) is 7.98. The molecule has 0 spiro atoms. The van der Waals surface area contributed by atoms with Crippen molar-refractivity contribution >= 4 is 11.4 Å². The summed E-state index contributed by atoms with van der Waals surface area (Å²) < 4.78 is 24.1. The quantitative estimate of drug-likeness (QED) is 0.302. The molecule has 0 aromatic heterocycles. The predicted molar refractivity (Wildman–Crippen MR) is 160 cm³/mol. The van der Waals surface area contributed by atoms with Gasteiger partial charge >= 0.3 is 0 Å². The first-order valence-electron chi connectivity index (χ1n) is 14.0. The molecule has 6 bridgehead atoms. The molecule has 8 heteroatoms. The van der Waals surface area contributed by atoms with Gasteiger partial charge in [-0.2, -0.15) is 0 Å². The molecular formula is C34H30N2O6. The smallest absolute Gasteiger partial charge is 0.202 e. The highest BCUT2D eigenvalue weighted by Crippen LogP contribution is 2.47. The molecule has 0 aliphatic carbocycles. The van der Waals surface area contributed by atoms with E-state index in [1.54, 1.807) is 13.2 Å². The van der Waals surface area contributed by atoms with E-state index in [-0.39, 0.29) is 17.2 Å². The SMILES string of the molecule is COc1cc2c3cc1Oc1c(O)c(OC)cc4c1C(=NCC4)Cc1cccc(c1)Oc1cc(ccc1O)CC3=NCC2. The molecule has 0 radical (unpaired) electrons. The molecule has 4 aromatic rings. The molecule has 0 saturated carbocycles. The Kier molecular flexibility index (Phi) is 6.46. The molecule has 42 heavy (non-hydrogen) atoms. The molecule has 3 heterocycles. The minimum absolute atomic E-state index is 0.0631. The van der Waals surface area contributed by atoms with Gasteiger partial charge in [-0.3, -0.25) is 9.98 Å². The number of fused-ring (bicyclic) bond motifs is 5. The summed E-state index contributed by atoms with van der Waals surface area (Å²) in [6.45, 7) is 1.26. The van der Waals surface area contributed by atoms with Crippen LogP contribution in [0.4, 0.5) is 0 Å². The van der Waals surface area contributed by atoms with Crippen molar-refractivity contribution in [1.82, 2.24) is 0 Å². The average Bonchev–Trinajstić information content (AvgIpc) is 3.00. The van der Waals surface area contributed by atoms with E-state index in [2.05, 4.69) is 0 Å². The van der Waals surface area contributed by atoms with Gasteiger partial charge in [0.25, 0.3) is 0 Å². The van der Waals surface area contributed by atoms with Gasteiger partial charge in [0.05, 0.1) is 19.9 Å². The van der Waals surface area contributed by atoms with E-state index in [0.717, 1.165) is 51.2 Å². The lowest BCUT2D eigenvalue weighted by Crippen LogP contribution is -2.18. The van der Waals surface area contributed by atoms with E-state index in [4.69, 9.17) is 28.9 Å². The topological polar surface area (TPSA) is 102 Å². The number of ether oxygens (including phenoxy) is 4. The second-order valence-corrected chi connectivity index (χ2v) is 10.6. The number of methoxy groups -OCH3 is 2. The van der Waals surface area contributed by atoms with E-state index in [1.807, 2.05) is 54.6 Å². The Morgan fingerprint density at radius 3 is 2.29 bits per heavy atom. The fourth-order valence-electron chi connectivity index (χ4n) is 5.94. The molecular weight excluding hydrogens is 532 g/mol. The molecule has 0 atom stereocenters. The van der Waals surface area contributed by atoms with Crippen LogP contribution in [0.3, 0.4) is 0 Å². The maximum atomic E-state index is 11.4. The molecule has 8 nitrogen and oxygen atoms in total. The third-order valence-electron chi connectivity index (χ3n) is 7.98. The number of phenolic OH excluding ortho intramolecular Hbond substituents is 2. The van der Waals surface area contributed by atoms with Crippen molar-refractivity contribution in [3.63, 3.8) is 0 Å². The van der Waals surface area contributed by atoms with Crippen molar-refractivity contribution in [2.75, 3.05) is 27.3 Å². The summed E-state index contributed by atoms with van der Waals surface area (Å²) in [5.41, 5.74) is 7.38. The first kappa shape index (κ1) is 26.0. The number of phenols is 2. The van der Waals surface area contributed by atoms with Crippen LogP contribution in [-0.2, 0) is 25.7 Å². The van der Waals surface area contributed by atoms with Gasteiger partial charge in [0.1, 0.15) is 5.75 Å². The number of benzene rings is 4. The molecule has 0 saturated heterocycles.